The molecule has 2 aromatic rings. The Balaban J connectivity index is 1.77. The van der Waals surface area contributed by atoms with Crippen molar-refractivity contribution >= 4 is 11.6 Å². The Morgan fingerprint density at radius 2 is 1.78 bits per heavy atom. The van der Waals surface area contributed by atoms with Gasteiger partial charge in [-0.15, -0.1) is 0 Å². The number of amides is 1. The van der Waals surface area contributed by atoms with Crippen LogP contribution in [0.5, 0.6) is 5.75 Å². The summed E-state index contributed by atoms with van der Waals surface area (Å²) >= 11 is 0. The highest BCUT2D eigenvalue weighted by Crippen LogP contribution is 2.34. The van der Waals surface area contributed by atoms with Gasteiger partial charge >= 0.3 is 6.18 Å². The smallest absolute Gasteiger partial charge is 0.418 e. The first kappa shape index (κ1) is 20.8. The molecule has 2 N–H and O–H groups in total. The van der Waals surface area contributed by atoms with Gasteiger partial charge in [0.1, 0.15) is 12.4 Å². The molecule has 0 radical (unpaired) electrons. The predicted molar refractivity (Wildman–Crippen MR) is 98.8 cm³/mol. The largest absolute Gasteiger partial charge is 0.492 e. The van der Waals surface area contributed by atoms with Crippen LogP contribution >= 0.6 is 0 Å². The highest BCUT2D eigenvalue weighted by molar-refractivity contribution is 5.92. The molecule has 4 nitrogen and oxygen atoms in total. The van der Waals surface area contributed by atoms with Gasteiger partial charge in [0.2, 0.25) is 5.91 Å². The zero-order chi connectivity index (χ0) is 19.9. The summed E-state index contributed by atoms with van der Waals surface area (Å²) < 4.78 is 44.5. The van der Waals surface area contributed by atoms with Gasteiger partial charge in [0.25, 0.3) is 0 Å². The molecule has 0 aliphatic heterocycles. The average molecular weight is 380 g/mol. The maximum absolute atomic E-state index is 13.0. The van der Waals surface area contributed by atoms with E-state index in [1.807, 2.05) is 31.2 Å². The van der Waals surface area contributed by atoms with E-state index >= 15 is 0 Å². The number of alkyl halides is 3. The fraction of sp³-hybridized carbons (Fsp3) is 0.350. The molecular formula is C20H23F3N2O2. The van der Waals surface area contributed by atoms with Gasteiger partial charge in [0.15, 0.2) is 0 Å². The number of aryl methyl sites for hydroxylation is 1. The summed E-state index contributed by atoms with van der Waals surface area (Å²) in [5.41, 5.74) is -0.0519. The molecule has 0 aliphatic rings. The lowest BCUT2D eigenvalue weighted by Gasteiger charge is -2.16. The minimum Gasteiger partial charge on any atom is -0.492 e. The van der Waals surface area contributed by atoms with Crippen molar-refractivity contribution < 1.29 is 22.7 Å². The van der Waals surface area contributed by atoms with Crippen LogP contribution in [0.25, 0.3) is 0 Å². The lowest BCUT2D eigenvalue weighted by molar-refractivity contribution is -0.137. The third-order valence-corrected chi connectivity index (χ3v) is 3.94. The molecular weight excluding hydrogens is 357 g/mol. The summed E-state index contributed by atoms with van der Waals surface area (Å²) in [5.74, 6) is 0.319. The van der Waals surface area contributed by atoms with E-state index in [9.17, 15) is 18.0 Å². The van der Waals surface area contributed by atoms with Crippen LogP contribution in [0.4, 0.5) is 18.9 Å². The van der Waals surface area contributed by atoms with E-state index in [0.717, 1.165) is 17.4 Å². The normalized spacial score (nSPS) is 12.5. The predicted octanol–water partition coefficient (Wildman–Crippen LogP) is 4.40. The molecule has 0 heterocycles. The van der Waals surface area contributed by atoms with Crippen molar-refractivity contribution in [3.63, 3.8) is 0 Å². The first-order chi connectivity index (χ1) is 12.8. The minimum atomic E-state index is -4.51. The van der Waals surface area contributed by atoms with Crippen LogP contribution in [0.15, 0.2) is 48.5 Å². The molecule has 7 heteroatoms. The fourth-order valence-corrected chi connectivity index (χ4v) is 2.58. The molecule has 0 saturated heterocycles. The number of hydrogen-bond donors (Lipinski definition) is 2. The molecule has 146 valence electrons. The van der Waals surface area contributed by atoms with Gasteiger partial charge < -0.3 is 15.4 Å². The molecule has 0 saturated carbocycles. The Bertz CT molecular complexity index is 763. The molecule has 2 aromatic carbocycles. The van der Waals surface area contributed by atoms with Gasteiger partial charge in [0, 0.05) is 19.0 Å². The van der Waals surface area contributed by atoms with E-state index in [4.69, 9.17) is 4.74 Å². The standard InChI is InChI=1S/C20H23F3N2O2/c1-14-7-3-6-10-18(14)27-12-11-24-15(2)13-19(26)25-17-9-5-4-8-16(17)20(21,22)23/h3-10,15,24H,11-13H2,1-2H3,(H,25,26). The molecule has 1 amide bonds. The van der Waals surface area contributed by atoms with E-state index in [0.29, 0.717) is 13.2 Å². The fourth-order valence-electron chi connectivity index (χ4n) is 2.58. The van der Waals surface area contributed by atoms with E-state index in [1.165, 1.54) is 18.2 Å². The van der Waals surface area contributed by atoms with Crippen molar-refractivity contribution in [3.8, 4) is 5.75 Å². The number of para-hydroxylation sites is 2. The average Bonchev–Trinajstić information content (AvgIpc) is 2.59. The second-order valence-corrected chi connectivity index (χ2v) is 6.26. The van der Waals surface area contributed by atoms with E-state index in [2.05, 4.69) is 10.6 Å². The monoisotopic (exact) mass is 380 g/mol. The Labute approximate surface area is 156 Å². The van der Waals surface area contributed by atoms with Gasteiger partial charge in [-0.25, -0.2) is 0 Å². The number of anilines is 1. The Morgan fingerprint density at radius 1 is 1.11 bits per heavy atom. The number of rotatable bonds is 8. The van der Waals surface area contributed by atoms with E-state index in [1.54, 1.807) is 6.92 Å². The van der Waals surface area contributed by atoms with Gasteiger partial charge in [-0.05, 0) is 37.6 Å². The van der Waals surface area contributed by atoms with Gasteiger partial charge in [-0.3, -0.25) is 4.79 Å². The van der Waals surface area contributed by atoms with Crippen molar-refractivity contribution in [1.82, 2.24) is 5.32 Å². The first-order valence-electron chi connectivity index (χ1n) is 8.65. The van der Waals surface area contributed by atoms with Crippen molar-refractivity contribution in [2.75, 3.05) is 18.5 Å². The number of benzene rings is 2. The topological polar surface area (TPSA) is 50.4 Å². The quantitative estimate of drug-likeness (QED) is 0.668. The molecule has 0 spiro atoms. The number of halogens is 3. The van der Waals surface area contributed by atoms with Crippen LogP contribution in [0.3, 0.4) is 0 Å². The van der Waals surface area contributed by atoms with E-state index < -0.39 is 17.6 Å². The van der Waals surface area contributed by atoms with Gasteiger partial charge in [-0.1, -0.05) is 30.3 Å². The van der Waals surface area contributed by atoms with Crippen LogP contribution in [0, 0.1) is 6.92 Å². The molecule has 27 heavy (non-hydrogen) atoms. The maximum Gasteiger partial charge on any atom is 0.418 e. The Morgan fingerprint density at radius 3 is 2.48 bits per heavy atom. The van der Waals surface area contributed by atoms with Crippen LogP contribution in [0.1, 0.15) is 24.5 Å². The molecule has 0 fully saturated rings. The molecule has 0 bridgehead atoms. The zero-order valence-electron chi connectivity index (χ0n) is 15.3. The third-order valence-electron chi connectivity index (χ3n) is 3.94. The highest BCUT2D eigenvalue weighted by atomic mass is 19.4. The highest BCUT2D eigenvalue weighted by Gasteiger charge is 2.33. The lowest BCUT2D eigenvalue weighted by Crippen LogP contribution is -2.33. The molecule has 0 aliphatic carbocycles. The van der Waals surface area contributed by atoms with Crippen molar-refractivity contribution in [3.05, 3.63) is 59.7 Å². The molecule has 0 aromatic heterocycles. The van der Waals surface area contributed by atoms with Crippen LogP contribution in [-0.2, 0) is 11.0 Å². The zero-order valence-corrected chi connectivity index (χ0v) is 15.3. The Hall–Kier alpha value is -2.54. The molecule has 2 rings (SSSR count). The van der Waals surface area contributed by atoms with Crippen molar-refractivity contribution in [2.45, 2.75) is 32.5 Å². The third kappa shape index (κ3) is 6.60. The second-order valence-electron chi connectivity index (χ2n) is 6.26. The van der Waals surface area contributed by atoms with Gasteiger partial charge in [-0.2, -0.15) is 13.2 Å². The summed E-state index contributed by atoms with van der Waals surface area (Å²) in [6, 6.07) is 12.4. The number of nitrogens with one attached hydrogen (secondary N) is 2. The maximum atomic E-state index is 13.0. The van der Waals surface area contributed by atoms with Crippen LogP contribution in [0.2, 0.25) is 0 Å². The first-order valence-corrected chi connectivity index (χ1v) is 8.65. The summed E-state index contributed by atoms with van der Waals surface area (Å²) in [5, 5.41) is 5.47. The number of carbonyl (C=O) groups excluding carboxylic acids is 1. The Kier molecular flexibility index (Phi) is 7.24. The summed E-state index contributed by atoms with van der Waals surface area (Å²) in [7, 11) is 0. The van der Waals surface area contributed by atoms with E-state index in [-0.39, 0.29) is 18.2 Å². The molecule has 1 atom stereocenters. The number of hydrogen-bond acceptors (Lipinski definition) is 3. The van der Waals surface area contributed by atoms with Crippen LogP contribution < -0.4 is 15.4 Å². The molecule has 1 unspecified atom stereocenters. The number of ether oxygens (including phenoxy) is 1. The van der Waals surface area contributed by atoms with Crippen LogP contribution in [-0.4, -0.2) is 25.1 Å². The summed E-state index contributed by atoms with van der Waals surface area (Å²) in [4.78, 5) is 12.1. The second kappa shape index (κ2) is 9.41. The SMILES string of the molecule is Cc1ccccc1OCCNC(C)CC(=O)Nc1ccccc1C(F)(F)F. The summed E-state index contributed by atoms with van der Waals surface area (Å²) in [6.45, 7) is 4.69. The van der Waals surface area contributed by atoms with Gasteiger partial charge in [0.05, 0.1) is 11.3 Å². The minimum absolute atomic E-state index is 0.0521. The number of carbonyl (C=O) groups is 1. The summed E-state index contributed by atoms with van der Waals surface area (Å²) in [6.07, 6.45) is -4.46. The lowest BCUT2D eigenvalue weighted by atomic mass is 10.1. The van der Waals surface area contributed by atoms with Crippen molar-refractivity contribution in [2.24, 2.45) is 0 Å². The van der Waals surface area contributed by atoms with Crippen molar-refractivity contribution in [1.29, 1.82) is 0 Å².